The third-order valence-corrected chi connectivity index (χ3v) is 7.85. The molecule has 3 aromatic carbocycles. The van der Waals surface area contributed by atoms with E-state index >= 15 is 8.78 Å². The van der Waals surface area contributed by atoms with Gasteiger partial charge in [0, 0.05) is 28.2 Å². The normalized spacial score (nSPS) is 21.4. The highest BCUT2D eigenvalue weighted by Crippen LogP contribution is 2.52. The van der Waals surface area contributed by atoms with Gasteiger partial charge in [0.1, 0.15) is 28.5 Å². The van der Waals surface area contributed by atoms with Gasteiger partial charge in [0.2, 0.25) is 5.91 Å². The molecule has 230 valence electrons. The van der Waals surface area contributed by atoms with E-state index in [1.165, 1.54) is 42.5 Å². The van der Waals surface area contributed by atoms with Gasteiger partial charge in [-0.05, 0) is 76.1 Å². The first-order valence-corrected chi connectivity index (χ1v) is 14.4. The molecular formula is C33H30Cl2F3N3O3. The Hall–Kier alpha value is -3.84. The van der Waals surface area contributed by atoms with E-state index in [4.69, 9.17) is 27.9 Å². The second-order valence-electron chi connectivity index (χ2n) is 11.8. The molecule has 2 N–H and O–H groups in total. The molecule has 1 heterocycles. The van der Waals surface area contributed by atoms with Crippen molar-refractivity contribution in [3.05, 3.63) is 111 Å². The van der Waals surface area contributed by atoms with E-state index in [1.807, 2.05) is 0 Å². The van der Waals surface area contributed by atoms with E-state index in [0.29, 0.717) is 5.57 Å². The van der Waals surface area contributed by atoms with E-state index < -0.39 is 58.3 Å². The van der Waals surface area contributed by atoms with E-state index in [9.17, 15) is 19.2 Å². The fourth-order valence-electron chi connectivity index (χ4n) is 5.60. The van der Waals surface area contributed by atoms with Crippen LogP contribution in [0.3, 0.4) is 0 Å². The summed E-state index contributed by atoms with van der Waals surface area (Å²) in [5.41, 5.74) is -2.65. The van der Waals surface area contributed by atoms with E-state index in [2.05, 4.69) is 23.3 Å². The fourth-order valence-corrected chi connectivity index (χ4v) is 5.95. The zero-order chi connectivity index (χ0) is 32.6. The van der Waals surface area contributed by atoms with Crippen molar-refractivity contribution in [1.29, 1.82) is 5.26 Å². The number of carbonyl (C=O) groups excluding carboxylic acids is 2. The lowest BCUT2D eigenvalue weighted by Crippen LogP contribution is -2.43. The summed E-state index contributed by atoms with van der Waals surface area (Å²) < 4.78 is 51.6. The first kappa shape index (κ1) is 33.1. The van der Waals surface area contributed by atoms with Crippen molar-refractivity contribution in [2.45, 2.75) is 63.1 Å². The van der Waals surface area contributed by atoms with Crippen LogP contribution in [0.25, 0.3) is 0 Å². The summed E-state index contributed by atoms with van der Waals surface area (Å²) in [7, 11) is 0. The number of halogens is 5. The molecule has 0 saturated carbocycles. The van der Waals surface area contributed by atoms with Crippen LogP contribution in [-0.4, -0.2) is 29.6 Å². The molecule has 4 rings (SSSR count). The summed E-state index contributed by atoms with van der Waals surface area (Å²) >= 11 is 12.2. The molecule has 1 aliphatic rings. The van der Waals surface area contributed by atoms with Gasteiger partial charge in [-0.2, -0.15) is 5.26 Å². The summed E-state index contributed by atoms with van der Waals surface area (Å²) in [6, 6.07) is 11.3. The Balaban J connectivity index is 1.84. The number of amides is 1. The molecule has 0 aromatic heterocycles. The number of rotatable bonds is 7. The van der Waals surface area contributed by atoms with Crippen molar-refractivity contribution in [1.82, 2.24) is 5.32 Å². The standard InChI is InChI=1S/C33H30Cl2F3N3O3/c1-17(2)13-26-33(16-39,22-12-9-18(34)14-25(22)37)27(21-7-6-8-23(35)28(21)38)29(41-26)30(42)40-19-10-11-20(24(36)15-19)31(43)44-32(3,4)5/h6-12,14-15,26-27,29,41H,1,13H2,2-5H3,(H,40,42)/t26-,27-,29+,33-/m0/s1. The average molecular weight is 645 g/mol. The third kappa shape index (κ3) is 6.48. The molecule has 4 atom stereocenters. The lowest BCUT2D eigenvalue weighted by atomic mass is 9.64. The van der Waals surface area contributed by atoms with Crippen molar-refractivity contribution < 1.29 is 27.5 Å². The molecule has 1 fully saturated rings. The molecule has 1 amide bonds. The van der Waals surface area contributed by atoms with Gasteiger partial charge in [-0.3, -0.25) is 4.79 Å². The lowest BCUT2D eigenvalue weighted by Gasteiger charge is -2.35. The monoisotopic (exact) mass is 643 g/mol. The van der Waals surface area contributed by atoms with Gasteiger partial charge in [0.25, 0.3) is 0 Å². The topological polar surface area (TPSA) is 91.2 Å². The molecule has 3 aromatic rings. The second-order valence-corrected chi connectivity index (χ2v) is 12.6. The lowest BCUT2D eigenvalue weighted by molar-refractivity contribution is -0.118. The highest BCUT2D eigenvalue weighted by Gasteiger charge is 2.60. The number of hydrogen-bond donors (Lipinski definition) is 2. The van der Waals surface area contributed by atoms with Crippen LogP contribution in [0.1, 0.15) is 61.5 Å². The van der Waals surface area contributed by atoms with Crippen molar-refractivity contribution in [3.63, 3.8) is 0 Å². The van der Waals surface area contributed by atoms with Gasteiger partial charge < -0.3 is 15.4 Å². The molecule has 0 unspecified atom stereocenters. The number of anilines is 1. The third-order valence-electron chi connectivity index (χ3n) is 7.32. The zero-order valence-corrected chi connectivity index (χ0v) is 25.9. The number of benzene rings is 3. The first-order valence-electron chi connectivity index (χ1n) is 13.6. The van der Waals surface area contributed by atoms with Crippen molar-refractivity contribution in [3.8, 4) is 6.07 Å². The molecule has 1 saturated heterocycles. The Morgan fingerprint density at radius 3 is 2.39 bits per heavy atom. The Bertz CT molecular complexity index is 1680. The summed E-state index contributed by atoms with van der Waals surface area (Å²) in [5, 5.41) is 16.4. The van der Waals surface area contributed by atoms with E-state index in [1.54, 1.807) is 27.7 Å². The SMILES string of the molecule is C=C(C)C[C@@H]1N[C@@H](C(=O)Nc2ccc(C(=O)OC(C)(C)C)c(F)c2)[C@H](c2cccc(Cl)c2F)[C@@]1(C#N)c1ccc(Cl)cc1F. The minimum atomic E-state index is -1.85. The fraction of sp³-hybridized carbons (Fsp3) is 0.303. The summed E-state index contributed by atoms with van der Waals surface area (Å²) in [6.07, 6.45) is 0.122. The molecule has 44 heavy (non-hydrogen) atoms. The Kier molecular flexibility index (Phi) is 9.50. The highest BCUT2D eigenvalue weighted by molar-refractivity contribution is 6.31. The van der Waals surface area contributed by atoms with Gasteiger partial charge >= 0.3 is 5.97 Å². The van der Waals surface area contributed by atoms with Crippen LogP contribution in [0.2, 0.25) is 10.0 Å². The number of nitriles is 1. The smallest absolute Gasteiger partial charge is 0.341 e. The number of hydrogen-bond acceptors (Lipinski definition) is 5. The van der Waals surface area contributed by atoms with Gasteiger partial charge in [-0.1, -0.05) is 47.0 Å². The molecule has 0 bridgehead atoms. The number of nitrogens with one attached hydrogen (secondary N) is 2. The van der Waals surface area contributed by atoms with Crippen LogP contribution in [-0.2, 0) is 14.9 Å². The average Bonchev–Trinajstić information content (AvgIpc) is 3.23. The number of ether oxygens (including phenoxy) is 1. The van der Waals surface area contributed by atoms with Crippen LogP contribution in [0, 0.1) is 28.8 Å². The minimum absolute atomic E-state index is 0.0180. The van der Waals surface area contributed by atoms with Crippen molar-refractivity contribution >= 4 is 40.8 Å². The summed E-state index contributed by atoms with van der Waals surface area (Å²) in [4.78, 5) is 26.3. The second kappa shape index (κ2) is 12.6. The predicted molar refractivity (Wildman–Crippen MR) is 163 cm³/mol. The summed E-state index contributed by atoms with van der Waals surface area (Å²) in [5.74, 6) is -5.61. The zero-order valence-electron chi connectivity index (χ0n) is 24.4. The first-order chi connectivity index (χ1) is 20.6. The van der Waals surface area contributed by atoms with Gasteiger partial charge in [-0.25, -0.2) is 18.0 Å². The maximum Gasteiger partial charge on any atom is 0.341 e. The molecule has 1 aliphatic heterocycles. The van der Waals surface area contributed by atoms with Crippen molar-refractivity contribution in [2.75, 3.05) is 5.32 Å². The van der Waals surface area contributed by atoms with Crippen LogP contribution < -0.4 is 10.6 Å². The number of esters is 1. The largest absolute Gasteiger partial charge is 0.456 e. The minimum Gasteiger partial charge on any atom is -0.456 e. The van der Waals surface area contributed by atoms with Crippen LogP contribution in [0.15, 0.2) is 66.7 Å². The molecule has 0 aliphatic carbocycles. The quantitative estimate of drug-likeness (QED) is 0.202. The highest BCUT2D eigenvalue weighted by atomic mass is 35.5. The molecule has 0 spiro atoms. The van der Waals surface area contributed by atoms with Crippen LogP contribution in [0.4, 0.5) is 18.9 Å². The van der Waals surface area contributed by atoms with Gasteiger partial charge in [0.15, 0.2) is 0 Å². The molecule has 11 heteroatoms. The maximum absolute atomic E-state index is 15.7. The van der Waals surface area contributed by atoms with Crippen LogP contribution >= 0.6 is 23.2 Å². The maximum atomic E-state index is 15.7. The van der Waals surface area contributed by atoms with Crippen LogP contribution in [0.5, 0.6) is 0 Å². The Morgan fingerprint density at radius 1 is 1.09 bits per heavy atom. The summed E-state index contributed by atoms with van der Waals surface area (Å²) in [6.45, 7) is 10.6. The molecular weight excluding hydrogens is 614 g/mol. The van der Waals surface area contributed by atoms with Gasteiger partial charge in [0.05, 0.1) is 22.7 Å². The predicted octanol–water partition coefficient (Wildman–Crippen LogP) is 7.86. The number of carbonyl (C=O) groups is 2. The van der Waals surface area contributed by atoms with Crippen molar-refractivity contribution in [2.24, 2.45) is 0 Å². The molecule has 6 nitrogen and oxygen atoms in total. The Morgan fingerprint density at radius 2 is 1.80 bits per heavy atom. The van der Waals surface area contributed by atoms with E-state index in [-0.39, 0.29) is 38.8 Å². The molecule has 0 radical (unpaired) electrons. The number of nitrogens with zero attached hydrogens (tertiary/aromatic N) is 1. The Labute approximate surface area is 263 Å². The van der Waals surface area contributed by atoms with E-state index in [0.717, 1.165) is 12.1 Å². The van der Waals surface area contributed by atoms with Gasteiger partial charge in [-0.15, -0.1) is 6.58 Å².